The number of ether oxygens (including phenoxy) is 1. The van der Waals surface area contributed by atoms with Crippen molar-refractivity contribution in [1.29, 1.82) is 0 Å². The topological polar surface area (TPSA) is 36.0 Å². The average molecular weight is 315 g/mol. The summed E-state index contributed by atoms with van der Waals surface area (Å²) in [4.78, 5) is 19.4. The third-order valence-corrected chi connectivity index (χ3v) is 5.53. The fourth-order valence-corrected chi connectivity index (χ4v) is 4.21. The van der Waals surface area contributed by atoms with Crippen LogP contribution in [0.15, 0.2) is 30.3 Å². The molecule has 0 aromatic heterocycles. The standard InChI is InChI=1S/C18H25N3O2/c1-19-9-7-14(8-10-19)20-11-16-17(12-20)23-13-18(22)21(16)15-5-3-2-4-6-15/h2-6,14,16-17H,7-13H2,1H3/t16-,17-/m0/s1. The zero-order valence-corrected chi connectivity index (χ0v) is 13.7. The van der Waals surface area contributed by atoms with Crippen molar-refractivity contribution < 1.29 is 9.53 Å². The number of morpholine rings is 1. The van der Waals surface area contributed by atoms with Gasteiger partial charge in [0.1, 0.15) is 6.61 Å². The monoisotopic (exact) mass is 315 g/mol. The van der Waals surface area contributed by atoms with E-state index in [-0.39, 0.29) is 24.7 Å². The molecule has 3 saturated heterocycles. The molecule has 5 nitrogen and oxygen atoms in total. The van der Waals surface area contributed by atoms with Crippen LogP contribution < -0.4 is 4.90 Å². The predicted octanol–water partition coefficient (Wildman–Crippen LogP) is 1.20. The van der Waals surface area contributed by atoms with Gasteiger partial charge in [-0.2, -0.15) is 0 Å². The van der Waals surface area contributed by atoms with Crippen LogP contribution in [-0.2, 0) is 9.53 Å². The zero-order valence-electron chi connectivity index (χ0n) is 13.7. The molecule has 3 aliphatic heterocycles. The van der Waals surface area contributed by atoms with Crippen LogP contribution in [-0.4, -0.2) is 73.7 Å². The van der Waals surface area contributed by atoms with E-state index in [4.69, 9.17) is 4.74 Å². The van der Waals surface area contributed by atoms with Gasteiger partial charge in [0.25, 0.3) is 5.91 Å². The Balaban J connectivity index is 1.51. The number of piperidine rings is 1. The molecule has 5 heteroatoms. The fourth-order valence-electron chi connectivity index (χ4n) is 4.21. The quantitative estimate of drug-likeness (QED) is 0.822. The third-order valence-electron chi connectivity index (χ3n) is 5.53. The molecule has 1 aromatic rings. The summed E-state index contributed by atoms with van der Waals surface area (Å²) >= 11 is 0. The van der Waals surface area contributed by atoms with Gasteiger partial charge in [-0.15, -0.1) is 0 Å². The number of nitrogens with zero attached hydrogens (tertiary/aromatic N) is 3. The van der Waals surface area contributed by atoms with E-state index in [0.29, 0.717) is 6.04 Å². The zero-order chi connectivity index (χ0) is 15.8. The minimum Gasteiger partial charge on any atom is -0.365 e. The lowest BCUT2D eigenvalue weighted by atomic mass is 10.0. The predicted molar refractivity (Wildman–Crippen MR) is 89.5 cm³/mol. The SMILES string of the molecule is CN1CCC(N2C[C@@H]3OCC(=O)N(c4ccccc4)[C@H]3C2)CC1. The summed E-state index contributed by atoms with van der Waals surface area (Å²) in [6.45, 7) is 4.42. The largest absolute Gasteiger partial charge is 0.365 e. The van der Waals surface area contributed by atoms with Crippen LogP contribution >= 0.6 is 0 Å². The second kappa shape index (κ2) is 6.23. The molecule has 3 heterocycles. The highest BCUT2D eigenvalue weighted by molar-refractivity contribution is 5.95. The van der Waals surface area contributed by atoms with Crippen molar-refractivity contribution in [1.82, 2.24) is 9.80 Å². The number of carbonyl (C=O) groups is 1. The van der Waals surface area contributed by atoms with Crippen LogP contribution in [0.1, 0.15) is 12.8 Å². The normalized spacial score (nSPS) is 30.7. The molecule has 0 aliphatic carbocycles. The number of benzene rings is 1. The molecule has 0 spiro atoms. The first-order chi connectivity index (χ1) is 11.2. The Bertz CT molecular complexity index is 557. The van der Waals surface area contributed by atoms with Gasteiger partial charge < -0.3 is 14.5 Å². The van der Waals surface area contributed by atoms with Gasteiger partial charge in [-0.1, -0.05) is 18.2 Å². The van der Waals surface area contributed by atoms with Gasteiger partial charge in [-0.3, -0.25) is 9.69 Å². The highest BCUT2D eigenvalue weighted by atomic mass is 16.5. The van der Waals surface area contributed by atoms with E-state index in [1.165, 1.54) is 25.9 Å². The Morgan fingerprint density at radius 2 is 1.83 bits per heavy atom. The summed E-state index contributed by atoms with van der Waals surface area (Å²) in [5.41, 5.74) is 1.00. The molecule has 23 heavy (non-hydrogen) atoms. The van der Waals surface area contributed by atoms with Gasteiger partial charge in [0.05, 0.1) is 12.1 Å². The number of fused-ring (bicyclic) bond motifs is 1. The van der Waals surface area contributed by atoms with Gasteiger partial charge in [0.15, 0.2) is 0 Å². The van der Waals surface area contributed by atoms with Crippen LogP contribution in [0.25, 0.3) is 0 Å². The first kappa shape index (κ1) is 15.1. The summed E-state index contributed by atoms with van der Waals surface area (Å²) in [7, 11) is 2.19. The summed E-state index contributed by atoms with van der Waals surface area (Å²) in [6.07, 6.45) is 2.58. The van der Waals surface area contributed by atoms with Crippen molar-refractivity contribution in [2.45, 2.75) is 31.0 Å². The number of amides is 1. The molecule has 0 saturated carbocycles. The maximum absolute atomic E-state index is 12.4. The maximum atomic E-state index is 12.4. The lowest BCUT2D eigenvalue weighted by molar-refractivity contribution is -0.130. The van der Waals surface area contributed by atoms with Crippen LogP contribution in [0, 0.1) is 0 Å². The molecule has 0 unspecified atom stereocenters. The Kier molecular flexibility index (Phi) is 4.09. The highest BCUT2D eigenvalue weighted by Gasteiger charge is 2.45. The van der Waals surface area contributed by atoms with E-state index >= 15 is 0 Å². The fraction of sp³-hybridized carbons (Fsp3) is 0.611. The number of carbonyl (C=O) groups excluding carboxylic acids is 1. The van der Waals surface area contributed by atoms with E-state index in [1.807, 2.05) is 35.2 Å². The lowest BCUT2D eigenvalue weighted by Gasteiger charge is -2.37. The van der Waals surface area contributed by atoms with Crippen molar-refractivity contribution in [3.8, 4) is 0 Å². The molecule has 3 aliphatic rings. The lowest BCUT2D eigenvalue weighted by Crippen LogP contribution is -2.54. The van der Waals surface area contributed by atoms with Gasteiger partial charge in [0.2, 0.25) is 0 Å². The minimum absolute atomic E-state index is 0.0858. The van der Waals surface area contributed by atoms with E-state index in [2.05, 4.69) is 16.8 Å². The summed E-state index contributed by atoms with van der Waals surface area (Å²) in [5, 5.41) is 0. The van der Waals surface area contributed by atoms with Gasteiger partial charge in [-0.05, 0) is 45.1 Å². The third kappa shape index (κ3) is 2.89. The molecule has 3 fully saturated rings. The number of rotatable bonds is 2. The Labute approximate surface area is 137 Å². The van der Waals surface area contributed by atoms with Crippen molar-refractivity contribution in [2.24, 2.45) is 0 Å². The molecular weight excluding hydrogens is 290 g/mol. The number of anilines is 1. The number of hydrogen-bond acceptors (Lipinski definition) is 4. The van der Waals surface area contributed by atoms with Crippen LogP contribution in [0.3, 0.4) is 0 Å². The molecule has 124 valence electrons. The Morgan fingerprint density at radius 3 is 2.57 bits per heavy atom. The van der Waals surface area contributed by atoms with Gasteiger partial charge >= 0.3 is 0 Å². The second-order valence-corrected chi connectivity index (χ2v) is 7.00. The van der Waals surface area contributed by atoms with E-state index in [0.717, 1.165) is 18.8 Å². The van der Waals surface area contributed by atoms with E-state index in [1.54, 1.807) is 0 Å². The van der Waals surface area contributed by atoms with Crippen molar-refractivity contribution in [2.75, 3.05) is 44.7 Å². The second-order valence-electron chi connectivity index (χ2n) is 7.00. The van der Waals surface area contributed by atoms with E-state index in [9.17, 15) is 4.79 Å². The maximum Gasteiger partial charge on any atom is 0.253 e. The van der Waals surface area contributed by atoms with Crippen molar-refractivity contribution in [3.63, 3.8) is 0 Å². The van der Waals surface area contributed by atoms with E-state index < -0.39 is 0 Å². The first-order valence-corrected chi connectivity index (χ1v) is 8.63. The number of likely N-dealkylation sites (tertiary alicyclic amines) is 2. The molecule has 0 bridgehead atoms. The molecular formula is C18H25N3O2. The Morgan fingerprint density at radius 1 is 1.09 bits per heavy atom. The number of hydrogen-bond donors (Lipinski definition) is 0. The molecule has 0 radical (unpaired) electrons. The van der Waals surface area contributed by atoms with Gasteiger partial charge in [-0.25, -0.2) is 0 Å². The molecule has 1 aromatic carbocycles. The van der Waals surface area contributed by atoms with Gasteiger partial charge in [0, 0.05) is 24.8 Å². The average Bonchev–Trinajstić information content (AvgIpc) is 3.00. The summed E-state index contributed by atoms with van der Waals surface area (Å²) in [5.74, 6) is 0.0858. The molecule has 0 N–H and O–H groups in total. The number of para-hydroxylation sites is 1. The van der Waals surface area contributed by atoms with Crippen molar-refractivity contribution in [3.05, 3.63) is 30.3 Å². The van der Waals surface area contributed by atoms with Crippen LogP contribution in [0.2, 0.25) is 0 Å². The minimum atomic E-state index is 0.0858. The molecule has 4 rings (SSSR count). The highest BCUT2D eigenvalue weighted by Crippen LogP contribution is 2.31. The van der Waals surface area contributed by atoms with Crippen LogP contribution in [0.4, 0.5) is 5.69 Å². The smallest absolute Gasteiger partial charge is 0.253 e. The molecule has 2 atom stereocenters. The van der Waals surface area contributed by atoms with Crippen LogP contribution in [0.5, 0.6) is 0 Å². The summed E-state index contributed by atoms with van der Waals surface area (Å²) < 4.78 is 5.86. The molecule has 1 amide bonds. The summed E-state index contributed by atoms with van der Waals surface area (Å²) in [6, 6.07) is 10.8. The Hall–Kier alpha value is -1.43. The van der Waals surface area contributed by atoms with Crippen molar-refractivity contribution >= 4 is 11.6 Å². The first-order valence-electron chi connectivity index (χ1n) is 8.63.